The van der Waals surface area contributed by atoms with Crippen LogP contribution in [0.1, 0.15) is 5.82 Å². The van der Waals surface area contributed by atoms with E-state index >= 15 is 0 Å². The minimum atomic E-state index is -4.58. The van der Waals surface area contributed by atoms with Crippen molar-refractivity contribution >= 4 is 11.8 Å². The second kappa shape index (κ2) is 4.18. The molecule has 80 valence electrons. The third-order valence-corrected chi connectivity index (χ3v) is 2.25. The first-order valence-electron chi connectivity index (χ1n) is 3.66. The van der Waals surface area contributed by atoms with Gasteiger partial charge in [0.2, 0.25) is 5.16 Å². The van der Waals surface area contributed by atoms with Crippen LogP contribution in [0.5, 0.6) is 0 Å². The predicted octanol–water partition coefficient (Wildman–Crippen LogP) is 1.13. The number of nitrogens with one attached hydrogen (secondary N) is 1. The van der Waals surface area contributed by atoms with Crippen LogP contribution in [0.2, 0.25) is 0 Å². The van der Waals surface area contributed by atoms with Gasteiger partial charge in [0, 0.05) is 5.75 Å². The van der Waals surface area contributed by atoms with Crippen LogP contribution in [0, 0.1) is 6.92 Å². The number of aromatic amines is 1. The molecule has 8 heteroatoms. The van der Waals surface area contributed by atoms with Crippen molar-refractivity contribution in [2.24, 2.45) is 0 Å². The number of aliphatic hydroxyl groups excluding tert-OH is 1. The number of hydrogen-bond acceptors (Lipinski definition) is 4. The van der Waals surface area contributed by atoms with Gasteiger partial charge in [-0.1, -0.05) is 11.8 Å². The van der Waals surface area contributed by atoms with Gasteiger partial charge in [0.15, 0.2) is 6.10 Å². The van der Waals surface area contributed by atoms with E-state index in [9.17, 15) is 13.2 Å². The van der Waals surface area contributed by atoms with Gasteiger partial charge in [-0.2, -0.15) is 13.2 Å². The molecule has 0 saturated carbocycles. The van der Waals surface area contributed by atoms with Crippen molar-refractivity contribution in [1.29, 1.82) is 0 Å². The third-order valence-electron chi connectivity index (χ3n) is 1.32. The number of nitrogens with zero attached hydrogens (tertiary/aromatic N) is 2. The van der Waals surface area contributed by atoms with E-state index in [1.54, 1.807) is 6.92 Å². The van der Waals surface area contributed by atoms with Crippen LogP contribution in [0.4, 0.5) is 13.2 Å². The van der Waals surface area contributed by atoms with Gasteiger partial charge in [-0.05, 0) is 6.92 Å². The maximum absolute atomic E-state index is 11.8. The summed E-state index contributed by atoms with van der Waals surface area (Å²) in [4.78, 5) is 3.78. The lowest BCUT2D eigenvalue weighted by Gasteiger charge is -2.12. The second-order valence-electron chi connectivity index (χ2n) is 2.57. The molecule has 0 radical (unpaired) electrons. The lowest BCUT2D eigenvalue weighted by atomic mass is 10.4. The number of hydrogen-bond donors (Lipinski definition) is 2. The molecule has 0 amide bonds. The fraction of sp³-hybridized carbons (Fsp3) is 0.667. The maximum atomic E-state index is 11.8. The maximum Gasteiger partial charge on any atom is 0.415 e. The summed E-state index contributed by atoms with van der Waals surface area (Å²) in [5.74, 6) is 0.0230. The highest BCUT2D eigenvalue weighted by Crippen LogP contribution is 2.24. The first-order valence-corrected chi connectivity index (χ1v) is 4.64. The average molecular weight is 227 g/mol. The first-order chi connectivity index (χ1) is 6.39. The minimum Gasteiger partial charge on any atom is -0.383 e. The number of halogens is 3. The van der Waals surface area contributed by atoms with Gasteiger partial charge in [0.05, 0.1) is 0 Å². The zero-order chi connectivity index (χ0) is 10.8. The molecule has 1 atom stereocenters. The van der Waals surface area contributed by atoms with Crippen LogP contribution in [0.15, 0.2) is 5.16 Å². The fourth-order valence-electron chi connectivity index (χ4n) is 0.635. The average Bonchev–Trinajstić information content (AvgIpc) is 2.45. The molecule has 0 fully saturated rings. The predicted molar refractivity (Wildman–Crippen MR) is 43.9 cm³/mol. The monoisotopic (exact) mass is 227 g/mol. The molecule has 1 unspecified atom stereocenters. The van der Waals surface area contributed by atoms with Crippen LogP contribution in [-0.4, -0.2) is 38.3 Å². The molecule has 4 nitrogen and oxygen atoms in total. The third kappa shape index (κ3) is 3.18. The zero-order valence-corrected chi connectivity index (χ0v) is 7.98. The molecule has 0 spiro atoms. The molecule has 2 N–H and O–H groups in total. The number of rotatable bonds is 3. The molecule has 0 bridgehead atoms. The molecule has 0 aliphatic heterocycles. The highest BCUT2D eigenvalue weighted by Gasteiger charge is 2.38. The second-order valence-corrected chi connectivity index (χ2v) is 3.56. The Bertz CT molecular complexity index is 301. The van der Waals surface area contributed by atoms with Gasteiger partial charge in [-0.3, -0.25) is 5.10 Å². The van der Waals surface area contributed by atoms with Crippen molar-refractivity contribution in [3.63, 3.8) is 0 Å². The van der Waals surface area contributed by atoms with Gasteiger partial charge in [-0.15, -0.1) is 5.10 Å². The number of aryl methyl sites for hydroxylation is 1. The summed E-state index contributed by atoms with van der Waals surface area (Å²) in [6, 6.07) is 0. The van der Waals surface area contributed by atoms with Gasteiger partial charge in [0.1, 0.15) is 5.82 Å². The highest BCUT2D eigenvalue weighted by molar-refractivity contribution is 7.99. The van der Waals surface area contributed by atoms with Gasteiger partial charge < -0.3 is 5.11 Å². The van der Waals surface area contributed by atoms with E-state index in [1.165, 1.54) is 0 Å². The largest absolute Gasteiger partial charge is 0.415 e. The van der Waals surface area contributed by atoms with Gasteiger partial charge in [-0.25, -0.2) is 4.98 Å². The van der Waals surface area contributed by atoms with Gasteiger partial charge in [0.25, 0.3) is 0 Å². The van der Waals surface area contributed by atoms with Crippen molar-refractivity contribution in [3.05, 3.63) is 5.82 Å². The molecule has 0 aliphatic carbocycles. The molecule has 1 aromatic rings. The lowest BCUT2D eigenvalue weighted by molar-refractivity contribution is -0.195. The Morgan fingerprint density at radius 2 is 2.21 bits per heavy atom. The van der Waals surface area contributed by atoms with Crippen molar-refractivity contribution in [1.82, 2.24) is 15.2 Å². The SMILES string of the molecule is Cc1nc(SCC(O)C(F)(F)F)n[nH]1. The standard InChI is InChI=1S/C6H8F3N3OS/c1-3-10-5(12-11-3)14-2-4(13)6(7,8)9/h4,13H,2H2,1H3,(H,10,11,12). The fourth-order valence-corrected chi connectivity index (χ4v) is 1.44. The van der Waals surface area contributed by atoms with E-state index in [1.807, 2.05) is 0 Å². The van der Waals surface area contributed by atoms with Crippen LogP contribution < -0.4 is 0 Å². The molecular formula is C6H8F3N3OS. The number of aliphatic hydroxyl groups is 1. The normalized spacial score (nSPS) is 14.4. The van der Waals surface area contributed by atoms with E-state index in [0.717, 1.165) is 11.8 Å². The van der Waals surface area contributed by atoms with Crippen molar-refractivity contribution in [3.8, 4) is 0 Å². The summed E-state index contributed by atoms with van der Waals surface area (Å²) in [6.07, 6.45) is -6.93. The number of alkyl halides is 3. The summed E-state index contributed by atoms with van der Waals surface area (Å²) >= 11 is 0.753. The summed E-state index contributed by atoms with van der Waals surface area (Å²) < 4.78 is 35.5. The van der Waals surface area contributed by atoms with Crippen molar-refractivity contribution in [2.45, 2.75) is 24.4 Å². The topological polar surface area (TPSA) is 61.8 Å². The molecule has 0 aliphatic rings. The van der Waals surface area contributed by atoms with Crippen LogP contribution in [0.25, 0.3) is 0 Å². The van der Waals surface area contributed by atoms with E-state index in [2.05, 4.69) is 15.2 Å². The Hall–Kier alpha value is -0.760. The summed E-state index contributed by atoms with van der Waals surface area (Å²) in [5, 5.41) is 14.9. The molecule has 1 rings (SSSR count). The Morgan fingerprint density at radius 3 is 2.64 bits per heavy atom. The van der Waals surface area contributed by atoms with Crippen LogP contribution in [-0.2, 0) is 0 Å². The Labute approximate surface area is 81.9 Å². The Kier molecular flexibility index (Phi) is 3.38. The quantitative estimate of drug-likeness (QED) is 0.760. The van der Waals surface area contributed by atoms with Crippen molar-refractivity contribution < 1.29 is 18.3 Å². The summed E-state index contributed by atoms with van der Waals surface area (Å²) in [5.41, 5.74) is 0. The zero-order valence-electron chi connectivity index (χ0n) is 7.17. The molecule has 0 aromatic carbocycles. The highest BCUT2D eigenvalue weighted by atomic mass is 32.2. The molecule has 1 heterocycles. The summed E-state index contributed by atoms with van der Waals surface area (Å²) in [7, 11) is 0. The van der Waals surface area contributed by atoms with Gasteiger partial charge >= 0.3 is 6.18 Å². The van der Waals surface area contributed by atoms with Crippen LogP contribution in [0.3, 0.4) is 0 Å². The Balaban J connectivity index is 2.41. The Morgan fingerprint density at radius 1 is 1.57 bits per heavy atom. The first kappa shape index (κ1) is 11.3. The van der Waals surface area contributed by atoms with E-state index in [4.69, 9.17) is 5.11 Å². The number of thioether (sulfide) groups is 1. The molecule has 1 aromatic heterocycles. The van der Waals surface area contributed by atoms with E-state index < -0.39 is 18.0 Å². The minimum absolute atomic E-state index is 0.200. The number of H-pyrrole nitrogens is 1. The van der Waals surface area contributed by atoms with Crippen LogP contribution >= 0.6 is 11.8 Å². The van der Waals surface area contributed by atoms with E-state index in [-0.39, 0.29) is 5.16 Å². The molecule has 14 heavy (non-hydrogen) atoms. The lowest BCUT2D eigenvalue weighted by Crippen LogP contribution is -2.30. The summed E-state index contributed by atoms with van der Waals surface area (Å²) in [6.45, 7) is 1.64. The van der Waals surface area contributed by atoms with E-state index in [0.29, 0.717) is 5.82 Å². The molecule has 0 saturated heterocycles. The molecular weight excluding hydrogens is 219 g/mol. The van der Waals surface area contributed by atoms with Crippen molar-refractivity contribution in [2.75, 3.05) is 5.75 Å². The smallest absolute Gasteiger partial charge is 0.383 e. The number of aromatic nitrogens is 3.